The summed E-state index contributed by atoms with van der Waals surface area (Å²) in [5.74, 6) is -1.04. The molecule has 132 valence electrons. The Labute approximate surface area is 150 Å². The van der Waals surface area contributed by atoms with Gasteiger partial charge in [0, 0.05) is 6.42 Å². The number of rotatable bonds is 7. The molecule has 1 aromatic heterocycles. The van der Waals surface area contributed by atoms with Crippen LogP contribution in [0.4, 0.5) is 5.69 Å². The van der Waals surface area contributed by atoms with Gasteiger partial charge >= 0.3 is 5.97 Å². The molecule has 25 heavy (non-hydrogen) atoms. The summed E-state index contributed by atoms with van der Waals surface area (Å²) in [4.78, 5) is 37.5. The van der Waals surface area contributed by atoms with E-state index in [2.05, 4.69) is 21.0 Å². The first-order valence-corrected chi connectivity index (χ1v) is 9.11. The fourth-order valence-corrected chi connectivity index (χ4v) is 4.30. The third-order valence-corrected chi connectivity index (χ3v) is 5.67. The Kier molecular flexibility index (Phi) is 5.46. The molecule has 3 rings (SSSR count). The molecule has 0 aliphatic carbocycles. The van der Waals surface area contributed by atoms with Gasteiger partial charge in [0.2, 0.25) is 5.91 Å². The molecule has 11 heteroatoms. The Morgan fingerprint density at radius 1 is 1.48 bits per heavy atom. The predicted octanol–water partition coefficient (Wildman–Crippen LogP) is 1.84. The average Bonchev–Trinajstić information content (AvgIpc) is 3.19. The highest BCUT2D eigenvalue weighted by Gasteiger charge is 2.31. The van der Waals surface area contributed by atoms with Gasteiger partial charge in [-0.05, 0) is 18.2 Å². The molecule has 1 fully saturated rings. The van der Waals surface area contributed by atoms with Gasteiger partial charge in [-0.1, -0.05) is 11.8 Å². The van der Waals surface area contributed by atoms with Crippen molar-refractivity contribution in [3.05, 3.63) is 23.1 Å². The van der Waals surface area contributed by atoms with Crippen LogP contribution in [0.3, 0.4) is 0 Å². The van der Waals surface area contributed by atoms with Crippen LogP contribution in [0, 0.1) is 4.91 Å². The molecule has 0 unspecified atom stereocenters. The van der Waals surface area contributed by atoms with Crippen molar-refractivity contribution in [1.29, 1.82) is 0 Å². The van der Waals surface area contributed by atoms with E-state index < -0.39 is 12.1 Å². The summed E-state index contributed by atoms with van der Waals surface area (Å²) >= 11 is 2.71. The van der Waals surface area contributed by atoms with Crippen LogP contribution in [-0.2, 0) is 14.3 Å². The zero-order valence-corrected chi connectivity index (χ0v) is 14.4. The minimum Gasteiger partial charge on any atom is -0.479 e. The van der Waals surface area contributed by atoms with E-state index in [0.29, 0.717) is 5.69 Å². The maximum absolute atomic E-state index is 12.0. The third kappa shape index (κ3) is 4.44. The van der Waals surface area contributed by atoms with E-state index >= 15 is 0 Å². The number of nitroso groups, excluding NO2 is 1. The zero-order valence-electron chi connectivity index (χ0n) is 12.8. The summed E-state index contributed by atoms with van der Waals surface area (Å²) in [7, 11) is 0. The Hall–Kier alpha value is -2.24. The standard InChI is InChI=1S/C14H14N4O5S2/c19-12(15-8-3-10(13(20)21)23-5-8)6-24-14-16-9-2-1-7(17-18-22)4-11(9)25-14/h1-2,4,8,10H,3,5-6H2,(H,15,19)(H,17,22)(H,20,21)/t8-,10-/m0/s1. The summed E-state index contributed by atoms with van der Waals surface area (Å²) in [6.45, 7) is 0.203. The quantitative estimate of drug-likeness (QED) is 0.376. The molecule has 0 bridgehead atoms. The van der Waals surface area contributed by atoms with Crippen molar-refractivity contribution in [2.24, 2.45) is 5.29 Å². The molecule has 2 aromatic rings. The lowest BCUT2D eigenvalue weighted by Gasteiger charge is -2.09. The van der Waals surface area contributed by atoms with Crippen LogP contribution < -0.4 is 10.7 Å². The van der Waals surface area contributed by atoms with E-state index in [-0.39, 0.29) is 30.7 Å². The van der Waals surface area contributed by atoms with Gasteiger partial charge in [0.15, 0.2) is 10.4 Å². The first-order valence-electron chi connectivity index (χ1n) is 7.30. The van der Waals surface area contributed by atoms with E-state index in [0.717, 1.165) is 14.6 Å². The molecule has 1 aromatic carbocycles. The second kappa shape index (κ2) is 7.76. The lowest BCUT2D eigenvalue weighted by atomic mass is 10.2. The number of hydrogen-bond donors (Lipinski definition) is 3. The van der Waals surface area contributed by atoms with Gasteiger partial charge in [0.25, 0.3) is 0 Å². The van der Waals surface area contributed by atoms with Crippen LogP contribution in [0.15, 0.2) is 27.8 Å². The van der Waals surface area contributed by atoms with Gasteiger partial charge in [-0.2, -0.15) is 0 Å². The lowest BCUT2D eigenvalue weighted by Crippen LogP contribution is -2.36. The number of thiazole rings is 1. The molecule has 2 heterocycles. The summed E-state index contributed by atoms with van der Waals surface area (Å²) in [5.41, 5.74) is 3.69. The zero-order chi connectivity index (χ0) is 17.8. The summed E-state index contributed by atoms with van der Waals surface area (Å²) in [5, 5.41) is 14.3. The molecule has 2 atom stereocenters. The average molecular weight is 382 g/mol. The molecular weight excluding hydrogens is 368 g/mol. The van der Waals surface area contributed by atoms with Crippen LogP contribution >= 0.6 is 23.1 Å². The van der Waals surface area contributed by atoms with Crippen LogP contribution in [0.25, 0.3) is 10.2 Å². The number of nitrogens with zero attached hydrogens (tertiary/aromatic N) is 2. The third-order valence-electron chi connectivity index (χ3n) is 3.51. The number of aliphatic carboxylic acids is 1. The predicted molar refractivity (Wildman–Crippen MR) is 93.7 cm³/mol. The van der Waals surface area contributed by atoms with Crippen molar-refractivity contribution in [3.63, 3.8) is 0 Å². The minimum absolute atomic E-state index is 0.176. The number of carbonyl (C=O) groups is 2. The van der Waals surface area contributed by atoms with E-state index in [1.165, 1.54) is 23.1 Å². The fraction of sp³-hybridized carbons (Fsp3) is 0.357. The number of anilines is 1. The van der Waals surface area contributed by atoms with E-state index in [4.69, 9.17) is 9.84 Å². The van der Waals surface area contributed by atoms with Crippen molar-refractivity contribution < 1.29 is 19.4 Å². The topological polar surface area (TPSA) is 130 Å². The Bertz CT molecular complexity index is 812. The molecule has 0 radical (unpaired) electrons. The van der Waals surface area contributed by atoms with Gasteiger partial charge in [0.1, 0.15) is 0 Å². The molecule has 1 amide bonds. The highest BCUT2D eigenvalue weighted by molar-refractivity contribution is 8.01. The number of carboxylic acids is 1. The van der Waals surface area contributed by atoms with Gasteiger partial charge in [-0.25, -0.2) is 15.2 Å². The number of fused-ring (bicyclic) bond motifs is 1. The smallest absolute Gasteiger partial charge is 0.332 e. The van der Waals surface area contributed by atoms with Crippen molar-refractivity contribution in [2.75, 3.05) is 17.8 Å². The summed E-state index contributed by atoms with van der Waals surface area (Å²) in [6.07, 6.45) is -0.584. The Morgan fingerprint density at radius 3 is 3.04 bits per heavy atom. The monoisotopic (exact) mass is 382 g/mol. The van der Waals surface area contributed by atoms with Crippen LogP contribution in [-0.4, -0.2) is 46.5 Å². The highest BCUT2D eigenvalue weighted by atomic mass is 32.2. The maximum Gasteiger partial charge on any atom is 0.332 e. The van der Waals surface area contributed by atoms with Crippen LogP contribution in [0.5, 0.6) is 0 Å². The van der Waals surface area contributed by atoms with E-state index in [9.17, 15) is 14.5 Å². The van der Waals surface area contributed by atoms with Crippen molar-refractivity contribution in [3.8, 4) is 0 Å². The summed E-state index contributed by atoms with van der Waals surface area (Å²) in [6, 6.07) is 4.95. The number of carboxylic acid groups (broad SMARTS) is 1. The van der Waals surface area contributed by atoms with Crippen molar-refractivity contribution in [2.45, 2.75) is 22.9 Å². The van der Waals surface area contributed by atoms with E-state index in [1.807, 2.05) is 0 Å². The van der Waals surface area contributed by atoms with Crippen LogP contribution in [0.1, 0.15) is 6.42 Å². The molecule has 9 nitrogen and oxygen atoms in total. The number of benzene rings is 1. The second-order valence-electron chi connectivity index (χ2n) is 5.31. The molecule has 1 aliphatic heterocycles. The second-order valence-corrected chi connectivity index (χ2v) is 7.57. The Morgan fingerprint density at radius 2 is 2.32 bits per heavy atom. The first-order chi connectivity index (χ1) is 12.0. The molecular formula is C14H14N4O5S2. The number of hydrogen-bond acceptors (Lipinski definition) is 8. The van der Waals surface area contributed by atoms with Gasteiger partial charge in [-0.3, -0.25) is 4.79 Å². The number of aromatic nitrogens is 1. The fourth-order valence-electron chi connectivity index (χ4n) is 2.38. The molecule has 0 spiro atoms. The number of thioether (sulfide) groups is 1. The first kappa shape index (κ1) is 17.6. The highest BCUT2D eigenvalue weighted by Crippen LogP contribution is 2.31. The normalized spacial score (nSPS) is 19.7. The van der Waals surface area contributed by atoms with Gasteiger partial charge < -0.3 is 15.2 Å². The molecule has 0 saturated carbocycles. The Balaban J connectivity index is 1.52. The van der Waals surface area contributed by atoms with E-state index in [1.54, 1.807) is 18.2 Å². The minimum atomic E-state index is -1.01. The number of amides is 1. The molecule has 3 N–H and O–H groups in total. The van der Waals surface area contributed by atoms with Crippen LogP contribution in [0.2, 0.25) is 0 Å². The maximum atomic E-state index is 12.0. The SMILES string of the molecule is O=NNc1ccc2nc(SCC(=O)N[C@@H]3CO[C@H](C(=O)O)C3)sc2c1. The summed E-state index contributed by atoms with van der Waals surface area (Å²) < 4.78 is 6.70. The van der Waals surface area contributed by atoms with Crippen molar-refractivity contribution in [1.82, 2.24) is 10.3 Å². The molecule has 1 aliphatic rings. The number of carbonyl (C=O) groups excluding carboxylic acids is 1. The lowest BCUT2D eigenvalue weighted by molar-refractivity contribution is -0.147. The number of ether oxygens (including phenoxy) is 1. The van der Waals surface area contributed by atoms with Crippen molar-refractivity contribution >= 4 is 50.9 Å². The van der Waals surface area contributed by atoms with Gasteiger partial charge in [0.05, 0.1) is 39.6 Å². The largest absolute Gasteiger partial charge is 0.479 e. The molecule has 1 saturated heterocycles. The number of nitrogens with one attached hydrogen (secondary N) is 2. The van der Waals surface area contributed by atoms with Gasteiger partial charge in [-0.15, -0.1) is 16.2 Å².